The molecular formula is C46H50O11. The molecule has 0 saturated carbocycles. The van der Waals surface area contributed by atoms with Crippen molar-refractivity contribution in [2.75, 3.05) is 26.4 Å². The van der Waals surface area contributed by atoms with Gasteiger partial charge in [0.15, 0.2) is 0 Å². The van der Waals surface area contributed by atoms with Gasteiger partial charge in [0.25, 0.3) is 0 Å². The van der Waals surface area contributed by atoms with Crippen LogP contribution in [0.1, 0.15) is 85.9 Å². The third-order valence-corrected chi connectivity index (χ3v) is 8.26. The molecule has 0 aromatic heterocycles. The van der Waals surface area contributed by atoms with Crippen molar-refractivity contribution in [3.63, 3.8) is 0 Å². The number of carbonyl (C=O) groups excluding carboxylic acids is 4. The second-order valence-electron chi connectivity index (χ2n) is 13.2. The van der Waals surface area contributed by atoms with Crippen molar-refractivity contribution in [3.8, 4) is 34.5 Å². The van der Waals surface area contributed by atoms with E-state index in [1.807, 2.05) is 0 Å². The normalized spacial score (nSPS) is 10.5. The minimum Gasteiger partial charge on any atom is -0.494 e. The molecule has 0 aliphatic heterocycles. The molecule has 0 unspecified atom stereocenters. The van der Waals surface area contributed by atoms with Crippen LogP contribution in [0.25, 0.3) is 0 Å². The van der Waals surface area contributed by atoms with E-state index in [1.54, 1.807) is 111 Å². The number of esters is 4. The van der Waals surface area contributed by atoms with Crippen LogP contribution >= 0.6 is 0 Å². The first-order valence-corrected chi connectivity index (χ1v) is 19.0. The Hall–Kier alpha value is -6.36. The molecule has 0 spiro atoms. The Morgan fingerprint density at radius 2 is 0.702 bits per heavy atom. The van der Waals surface area contributed by atoms with Gasteiger partial charge in [-0.15, -0.1) is 0 Å². The van der Waals surface area contributed by atoms with Crippen LogP contribution in [0.2, 0.25) is 0 Å². The van der Waals surface area contributed by atoms with Gasteiger partial charge in [-0.05, 0) is 162 Å². The molecular weight excluding hydrogens is 728 g/mol. The maximum absolute atomic E-state index is 12.7. The lowest BCUT2D eigenvalue weighted by molar-refractivity contribution is -0.139. The van der Waals surface area contributed by atoms with Crippen molar-refractivity contribution < 1.29 is 52.3 Å². The van der Waals surface area contributed by atoms with E-state index < -0.39 is 11.9 Å². The number of carbonyl (C=O) groups is 4. The van der Waals surface area contributed by atoms with Gasteiger partial charge in [-0.25, -0.2) is 19.2 Å². The SMILES string of the molecule is C=C(C)C(=O)OCCCCCCOc1ccc(C(=O)Oc2ccc(Oc3ccc(OC(=O)c4ccc(OCCCCCCOC(=O)C(=C)C)cc4)cc3)cc2)cc1. The predicted molar refractivity (Wildman–Crippen MR) is 215 cm³/mol. The lowest BCUT2D eigenvalue weighted by atomic mass is 10.2. The maximum Gasteiger partial charge on any atom is 0.343 e. The van der Waals surface area contributed by atoms with Crippen molar-refractivity contribution >= 4 is 23.9 Å². The number of hydrogen-bond donors (Lipinski definition) is 0. The first-order chi connectivity index (χ1) is 27.6. The van der Waals surface area contributed by atoms with Gasteiger partial charge >= 0.3 is 23.9 Å². The first kappa shape index (κ1) is 43.4. The van der Waals surface area contributed by atoms with Crippen LogP contribution in [0.5, 0.6) is 34.5 Å². The molecule has 0 bridgehead atoms. The molecule has 0 radical (unpaired) electrons. The van der Waals surface area contributed by atoms with Crippen LogP contribution in [0, 0.1) is 0 Å². The standard InChI is InChI=1S/C46H50O11/c1-33(2)43(47)53-31-11-7-5-9-29-51-37-17-13-35(14-18-37)45(49)56-41-25-21-39(22-26-41)55-40-23-27-42(28-24-40)57-46(50)36-15-19-38(20-16-36)52-30-10-6-8-12-32-54-44(48)34(3)4/h13-28H,1,3,5-12,29-32H2,2,4H3. The average molecular weight is 779 g/mol. The van der Waals surface area contributed by atoms with Crippen molar-refractivity contribution in [2.24, 2.45) is 0 Å². The Morgan fingerprint density at radius 3 is 1.04 bits per heavy atom. The Labute approximate surface area is 334 Å². The lowest BCUT2D eigenvalue weighted by Gasteiger charge is -2.10. The van der Waals surface area contributed by atoms with E-state index in [9.17, 15) is 19.2 Å². The highest BCUT2D eigenvalue weighted by Crippen LogP contribution is 2.27. The summed E-state index contributed by atoms with van der Waals surface area (Å²) in [5.74, 6) is 1.35. The van der Waals surface area contributed by atoms with Crippen LogP contribution in [0.3, 0.4) is 0 Å². The zero-order valence-corrected chi connectivity index (χ0v) is 32.6. The highest BCUT2D eigenvalue weighted by molar-refractivity contribution is 5.92. The van der Waals surface area contributed by atoms with E-state index >= 15 is 0 Å². The molecule has 11 heteroatoms. The Bertz CT molecular complexity index is 1770. The van der Waals surface area contributed by atoms with Gasteiger partial charge in [0.05, 0.1) is 37.6 Å². The maximum atomic E-state index is 12.7. The van der Waals surface area contributed by atoms with Crippen LogP contribution in [0.4, 0.5) is 0 Å². The molecule has 0 atom stereocenters. The third kappa shape index (κ3) is 16.1. The molecule has 0 aliphatic carbocycles. The molecule has 0 fully saturated rings. The van der Waals surface area contributed by atoms with E-state index in [-0.39, 0.29) is 11.9 Å². The van der Waals surface area contributed by atoms with Crippen LogP contribution in [-0.4, -0.2) is 50.3 Å². The van der Waals surface area contributed by atoms with Crippen molar-refractivity contribution in [1.29, 1.82) is 0 Å². The van der Waals surface area contributed by atoms with Gasteiger partial charge in [-0.2, -0.15) is 0 Å². The summed E-state index contributed by atoms with van der Waals surface area (Å²) in [6.45, 7) is 12.2. The fraction of sp³-hybridized carbons (Fsp3) is 0.304. The molecule has 0 saturated heterocycles. The summed E-state index contributed by atoms with van der Waals surface area (Å²) in [7, 11) is 0. The van der Waals surface area contributed by atoms with E-state index in [1.165, 1.54) is 0 Å². The third-order valence-electron chi connectivity index (χ3n) is 8.26. The van der Waals surface area contributed by atoms with Crippen molar-refractivity contribution in [3.05, 3.63) is 132 Å². The van der Waals surface area contributed by atoms with Crippen molar-refractivity contribution in [1.82, 2.24) is 0 Å². The van der Waals surface area contributed by atoms with E-state index in [4.69, 9.17) is 33.2 Å². The molecule has 4 rings (SSSR count). The summed E-state index contributed by atoms with van der Waals surface area (Å²) in [5, 5.41) is 0. The molecule has 300 valence electrons. The minimum atomic E-state index is -0.502. The number of benzene rings is 4. The summed E-state index contributed by atoms with van der Waals surface area (Å²) in [6.07, 6.45) is 7.04. The fourth-order valence-corrected chi connectivity index (χ4v) is 5.07. The zero-order chi connectivity index (χ0) is 40.8. The molecule has 4 aromatic rings. The number of rotatable bonds is 24. The lowest BCUT2D eigenvalue weighted by Crippen LogP contribution is -2.08. The van der Waals surface area contributed by atoms with Gasteiger partial charge in [0.1, 0.15) is 34.5 Å². The smallest absolute Gasteiger partial charge is 0.343 e. The van der Waals surface area contributed by atoms with Gasteiger partial charge in [0, 0.05) is 11.1 Å². The quantitative estimate of drug-likeness (QED) is 0.0291. The Kier molecular flexibility index (Phi) is 17.9. The topological polar surface area (TPSA) is 133 Å². The highest BCUT2D eigenvalue weighted by Gasteiger charge is 2.12. The van der Waals surface area contributed by atoms with E-state index in [0.29, 0.717) is 83.2 Å². The second kappa shape index (κ2) is 23.5. The summed E-state index contributed by atoms with van der Waals surface area (Å²) in [5.41, 5.74) is 1.57. The van der Waals surface area contributed by atoms with Crippen molar-refractivity contribution in [2.45, 2.75) is 65.2 Å². The predicted octanol–water partition coefficient (Wildman–Crippen LogP) is 10.0. The summed E-state index contributed by atoms with van der Waals surface area (Å²) >= 11 is 0. The molecule has 11 nitrogen and oxygen atoms in total. The van der Waals surface area contributed by atoms with Gasteiger partial charge < -0.3 is 33.2 Å². The average Bonchev–Trinajstić information content (AvgIpc) is 3.21. The van der Waals surface area contributed by atoms with Gasteiger partial charge in [0.2, 0.25) is 0 Å². The van der Waals surface area contributed by atoms with Gasteiger partial charge in [-0.3, -0.25) is 0 Å². The van der Waals surface area contributed by atoms with Crippen LogP contribution in [0.15, 0.2) is 121 Å². The number of ether oxygens (including phenoxy) is 7. The first-order valence-electron chi connectivity index (χ1n) is 19.0. The van der Waals surface area contributed by atoms with Crippen LogP contribution in [-0.2, 0) is 19.1 Å². The molecule has 0 heterocycles. The zero-order valence-electron chi connectivity index (χ0n) is 32.6. The molecule has 57 heavy (non-hydrogen) atoms. The molecule has 4 aromatic carbocycles. The number of unbranched alkanes of at least 4 members (excludes halogenated alkanes) is 6. The number of hydrogen-bond acceptors (Lipinski definition) is 11. The van der Waals surface area contributed by atoms with E-state index in [0.717, 1.165) is 51.4 Å². The Balaban J connectivity index is 1.10. The summed E-state index contributed by atoms with van der Waals surface area (Å²) < 4.78 is 38.7. The fourth-order valence-electron chi connectivity index (χ4n) is 5.07. The monoisotopic (exact) mass is 778 g/mol. The summed E-state index contributed by atoms with van der Waals surface area (Å²) in [4.78, 5) is 48.2. The highest BCUT2D eigenvalue weighted by atomic mass is 16.5. The minimum absolute atomic E-state index is 0.358. The van der Waals surface area contributed by atoms with Crippen LogP contribution < -0.4 is 23.7 Å². The second-order valence-corrected chi connectivity index (χ2v) is 13.2. The van der Waals surface area contributed by atoms with Gasteiger partial charge in [-0.1, -0.05) is 13.2 Å². The largest absolute Gasteiger partial charge is 0.494 e. The molecule has 0 aliphatic rings. The molecule has 0 amide bonds. The molecule has 0 N–H and O–H groups in total. The Morgan fingerprint density at radius 1 is 0.404 bits per heavy atom. The van der Waals surface area contributed by atoms with E-state index in [2.05, 4.69) is 13.2 Å². The summed E-state index contributed by atoms with van der Waals surface area (Å²) in [6, 6.07) is 26.8.